The fourth-order valence-corrected chi connectivity index (χ4v) is 6.18. The number of amides is 2. The maximum atomic E-state index is 11.9. The SMILES string of the molecule is CCCCCCCCCCCCCCCCCCN(CCCCCCCCCCCCCCCCCC)C(=O)[S-].NC(=O)[S-].[Cu+2]. The first-order valence-corrected chi connectivity index (χ1v) is 20.2. The molecule has 0 aliphatic rings. The third-order valence-electron chi connectivity index (χ3n) is 8.82. The van der Waals surface area contributed by atoms with Gasteiger partial charge in [0.15, 0.2) is 0 Å². The van der Waals surface area contributed by atoms with E-state index in [1.807, 2.05) is 4.90 Å². The molecule has 0 spiro atoms. The van der Waals surface area contributed by atoms with Crippen molar-refractivity contribution in [3.05, 3.63) is 0 Å². The van der Waals surface area contributed by atoms with Crippen molar-refractivity contribution in [2.45, 2.75) is 219 Å². The molecule has 0 aromatic rings. The predicted octanol–water partition coefficient (Wildman–Crippen LogP) is 13.1. The van der Waals surface area contributed by atoms with E-state index in [0.717, 1.165) is 25.9 Å². The number of carbonyl (C=O) groups is 2. The average Bonchev–Trinajstić information content (AvgIpc) is 2.99. The van der Waals surface area contributed by atoms with Crippen LogP contribution in [0.4, 0.5) is 9.59 Å². The van der Waals surface area contributed by atoms with Crippen LogP contribution in [0.1, 0.15) is 219 Å². The zero-order valence-electron chi connectivity index (χ0n) is 30.0. The Morgan fingerprint density at radius 2 is 0.556 bits per heavy atom. The summed E-state index contributed by atoms with van der Waals surface area (Å²) in [6.07, 6.45) is 44.3. The van der Waals surface area contributed by atoms with Gasteiger partial charge in [0.05, 0.1) is 5.24 Å². The van der Waals surface area contributed by atoms with Crippen molar-refractivity contribution < 1.29 is 26.7 Å². The van der Waals surface area contributed by atoms with Crippen LogP contribution in [0.25, 0.3) is 0 Å². The summed E-state index contributed by atoms with van der Waals surface area (Å²) in [5, 5.41) is -0.887. The molecule has 0 aliphatic carbocycles. The molecule has 0 unspecified atom stereocenters. The van der Waals surface area contributed by atoms with Crippen LogP contribution in [0, 0.1) is 0 Å². The van der Waals surface area contributed by atoms with Crippen LogP contribution >= 0.6 is 0 Å². The van der Waals surface area contributed by atoms with E-state index in [4.69, 9.17) is 17.4 Å². The van der Waals surface area contributed by atoms with Crippen molar-refractivity contribution >= 4 is 35.7 Å². The van der Waals surface area contributed by atoms with Gasteiger partial charge in [0.2, 0.25) is 0 Å². The monoisotopic (exact) mass is 719 g/mol. The molecule has 2 N–H and O–H groups in total. The Balaban J connectivity index is -0.00000331. The molecule has 0 heterocycles. The van der Waals surface area contributed by atoms with E-state index >= 15 is 0 Å². The van der Waals surface area contributed by atoms with Gasteiger partial charge in [-0.15, -0.1) is 0 Å². The minimum atomic E-state index is -0.750. The number of unbranched alkanes of at least 4 members (excludes halogenated alkanes) is 30. The molecule has 0 rings (SSSR count). The van der Waals surface area contributed by atoms with Gasteiger partial charge in [0, 0.05) is 13.1 Å². The van der Waals surface area contributed by atoms with Crippen LogP contribution in [-0.2, 0) is 42.3 Å². The summed E-state index contributed by atoms with van der Waals surface area (Å²) in [6.45, 7) is 6.34. The van der Waals surface area contributed by atoms with Gasteiger partial charge < -0.3 is 45.5 Å². The van der Waals surface area contributed by atoms with Crippen LogP contribution in [0.5, 0.6) is 0 Å². The van der Waals surface area contributed by atoms with Crippen LogP contribution in [0.15, 0.2) is 0 Å². The van der Waals surface area contributed by atoms with Gasteiger partial charge in [-0.1, -0.05) is 206 Å². The van der Waals surface area contributed by atoms with Gasteiger partial charge in [-0.2, -0.15) is 0 Å². The Hall–Kier alpha value is -0.101. The molecule has 1 radical (unpaired) electrons. The van der Waals surface area contributed by atoms with Crippen molar-refractivity contribution in [2.75, 3.05) is 13.1 Å². The molecule has 273 valence electrons. The summed E-state index contributed by atoms with van der Waals surface area (Å²) in [4.78, 5) is 22.8. The van der Waals surface area contributed by atoms with E-state index in [2.05, 4.69) is 32.2 Å². The average molecular weight is 721 g/mol. The molecule has 0 saturated heterocycles. The smallest absolute Gasteiger partial charge is 0.719 e. The molecule has 0 aromatic heterocycles. The van der Waals surface area contributed by atoms with E-state index in [1.165, 1.54) is 193 Å². The minimum Gasteiger partial charge on any atom is -0.719 e. The zero-order chi connectivity index (χ0) is 32.8. The molecule has 4 nitrogen and oxygen atoms in total. The summed E-state index contributed by atoms with van der Waals surface area (Å²) in [5.74, 6) is 0. The second-order valence-corrected chi connectivity index (χ2v) is 13.9. The molecule has 45 heavy (non-hydrogen) atoms. The van der Waals surface area contributed by atoms with E-state index in [9.17, 15) is 4.79 Å². The number of rotatable bonds is 34. The van der Waals surface area contributed by atoms with E-state index < -0.39 is 5.24 Å². The molecule has 0 fully saturated rings. The summed E-state index contributed by atoms with van der Waals surface area (Å²) < 4.78 is 0. The van der Waals surface area contributed by atoms with Crippen LogP contribution in [-0.4, -0.2) is 28.5 Å². The summed E-state index contributed by atoms with van der Waals surface area (Å²) in [5.41, 5.74) is 4.29. The predicted molar refractivity (Wildman–Crippen MR) is 200 cm³/mol. The van der Waals surface area contributed by atoms with Crippen molar-refractivity contribution in [3.63, 3.8) is 0 Å². The van der Waals surface area contributed by atoms with Gasteiger partial charge in [-0.3, -0.25) is 0 Å². The number of nitrogens with zero attached hydrogens (tertiary/aromatic N) is 1. The van der Waals surface area contributed by atoms with E-state index in [-0.39, 0.29) is 22.3 Å². The van der Waals surface area contributed by atoms with Crippen molar-refractivity contribution in [1.82, 2.24) is 4.90 Å². The first kappa shape index (κ1) is 49.3. The van der Waals surface area contributed by atoms with Gasteiger partial charge in [0.25, 0.3) is 0 Å². The molecular formula is C38H76CuN2O2S2. The first-order chi connectivity index (χ1) is 21.5. The third kappa shape index (κ3) is 48.4. The van der Waals surface area contributed by atoms with Gasteiger partial charge in [0.1, 0.15) is 5.24 Å². The largest absolute Gasteiger partial charge is 2.00 e. The molecule has 2 amide bonds. The fraction of sp³-hybridized carbons (Fsp3) is 0.947. The van der Waals surface area contributed by atoms with E-state index in [1.54, 1.807) is 0 Å². The zero-order valence-corrected chi connectivity index (χ0v) is 32.6. The second kappa shape index (κ2) is 43.9. The Bertz CT molecular complexity index is 544. The molecule has 0 saturated carbocycles. The van der Waals surface area contributed by atoms with Gasteiger partial charge in [-0.05, 0) is 12.8 Å². The van der Waals surface area contributed by atoms with Crippen LogP contribution < -0.4 is 5.73 Å². The molecule has 0 aromatic carbocycles. The number of hydrogen-bond donors (Lipinski definition) is 1. The summed E-state index contributed by atoms with van der Waals surface area (Å²) in [6, 6.07) is 0. The van der Waals surface area contributed by atoms with Crippen molar-refractivity contribution in [2.24, 2.45) is 5.73 Å². The first-order valence-electron chi connectivity index (χ1n) is 19.4. The summed E-state index contributed by atoms with van der Waals surface area (Å²) >= 11 is 8.77. The Morgan fingerprint density at radius 3 is 0.711 bits per heavy atom. The quantitative estimate of drug-likeness (QED) is 0.0408. The normalized spacial score (nSPS) is 10.6. The van der Waals surface area contributed by atoms with Gasteiger partial charge >= 0.3 is 17.1 Å². The maximum Gasteiger partial charge on any atom is 2.00 e. The number of nitrogens with two attached hydrogens (primary N) is 1. The number of hydrogen-bond acceptors (Lipinski definition) is 4. The molecule has 0 atom stereocenters. The Kier molecular flexibility index (Phi) is 48.1. The van der Waals surface area contributed by atoms with Crippen LogP contribution in [0.2, 0.25) is 0 Å². The molecule has 7 heteroatoms. The van der Waals surface area contributed by atoms with Gasteiger partial charge in [-0.25, -0.2) is 0 Å². The maximum absolute atomic E-state index is 11.9. The fourth-order valence-electron chi connectivity index (χ4n) is 6.00. The van der Waals surface area contributed by atoms with E-state index in [0.29, 0.717) is 0 Å². The molecular weight excluding hydrogens is 644 g/mol. The molecule has 0 aliphatic heterocycles. The summed E-state index contributed by atoms with van der Waals surface area (Å²) in [7, 11) is 0. The minimum absolute atomic E-state index is 0. The number of carbonyl (C=O) groups excluding carboxylic acids is 2. The van der Waals surface area contributed by atoms with Crippen molar-refractivity contribution in [1.29, 1.82) is 0 Å². The Morgan fingerprint density at radius 1 is 0.400 bits per heavy atom. The van der Waals surface area contributed by atoms with Crippen LogP contribution in [0.3, 0.4) is 0 Å². The second-order valence-electron chi connectivity index (χ2n) is 13.2. The Labute approximate surface area is 304 Å². The third-order valence-corrected chi connectivity index (χ3v) is 9.08. The number of primary amides is 1. The molecule has 0 bridgehead atoms. The standard InChI is InChI=1S/C37H75NOS.CH3NOS.Cu/c1-3-5-7-9-11-13-15-17-19-21-23-25-27-29-31-33-35-38(37(39)40)36-34-32-30-28-26-24-22-20-18-16-14-12-10-8-6-4-2;2-1(3)4;/h3-36H2,1-2H3,(H,39,40);(H3,2,3,4);/q;;+2/p-2. The van der Waals surface area contributed by atoms with Crippen molar-refractivity contribution in [3.8, 4) is 0 Å². The topological polar surface area (TPSA) is 63.4 Å².